The molecule has 21 heavy (non-hydrogen) atoms. The Balaban J connectivity index is 1.82. The van der Waals surface area contributed by atoms with E-state index in [1.165, 1.54) is 0 Å². The highest BCUT2D eigenvalue weighted by atomic mass is 16.5. The molecule has 1 amide bonds. The first-order valence-corrected chi connectivity index (χ1v) is 6.86. The highest BCUT2D eigenvalue weighted by Gasteiger charge is 2.10. The Labute approximate surface area is 123 Å². The lowest BCUT2D eigenvalue weighted by molar-refractivity contribution is -0.121. The second-order valence-corrected chi connectivity index (χ2v) is 4.74. The number of hydrogen-bond donors (Lipinski definition) is 2. The van der Waals surface area contributed by atoms with E-state index in [1.54, 1.807) is 24.5 Å². The Bertz CT molecular complexity index is 570. The summed E-state index contributed by atoms with van der Waals surface area (Å²) >= 11 is 0. The highest BCUT2D eigenvalue weighted by molar-refractivity contribution is 5.76. The molecule has 2 heterocycles. The van der Waals surface area contributed by atoms with Gasteiger partial charge in [0.25, 0.3) is 0 Å². The van der Waals surface area contributed by atoms with E-state index in [9.17, 15) is 4.79 Å². The number of hydrogen-bond acceptors (Lipinski definition) is 6. The van der Waals surface area contributed by atoms with Gasteiger partial charge in [0.1, 0.15) is 0 Å². The Hall–Kier alpha value is -2.28. The van der Waals surface area contributed by atoms with Crippen LogP contribution in [0.5, 0.6) is 0 Å². The summed E-state index contributed by atoms with van der Waals surface area (Å²) in [6, 6.07) is 3.86. The topological polar surface area (TPSA) is 92.9 Å². The van der Waals surface area contributed by atoms with Crippen molar-refractivity contribution in [3.8, 4) is 11.4 Å². The fraction of sp³-hybridized carbons (Fsp3) is 0.429. The fourth-order valence-electron chi connectivity index (χ4n) is 1.65. The van der Waals surface area contributed by atoms with Crippen molar-refractivity contribution < 1.29 is 9.32 Å². The lowest BCUT2D eigenvalue weighted by atomic mass is 10.2. The Morgan fingerprint density at radius 1 is 1.38 bits per heavy atom. The average Bonchev–Trinajstić information content (AvgIpc) is 3.00. The Morgan fingerprint density at radius 3 is 2.86 bits per heavy atom. The van der Waals surface area contributed by atoms with E-state index in [0.29, 0.717) is 31.1 Å². The molecule has 7 nitrogen and oxygen atoms in total. The molecule has 2 aromatic heterocycles. The zero-order valence-corrected chi connectivity index (χ0v) is 12.2. The van der Waals surface area contributed by atoms with Crippen molar-refractivity contribution >= 4 is 5.91 Å². The van der Waals surface area contributed by atoms with Gasteiger partial charge in [0.15, 0.2) is 0 Å². The van der Waals surface area contributed by atoms with Crippen molar-refractivity contribution in [2.24, 2.45) is 0 Å². The molecule has 1 atom stereocenters. The van der Waals surface area contributed by atoms with Crippen molar-refractivity contribution in [3.05, 3.63) is 30.4 Å². The quantitative estimate of drug-likeness (QED) is 0.782. The minimum absolute atomic E-state index is 0.0271. The number of carbonyl (C=O) groups excluding carboxylic acids is 1. The fourth-order valence-corrected chi connectivity index (χ4v) is 1.65. The second kappa shape index (κ2) is 7.49. The highest BCUT2D eigenvalue weighted by Crippen LogP contribution is 2.14. The van der Waals surface area contributed by atoms with Crippen LogP contribution in [0.3, 0.4) is 0 Å². The molecular weight excluding hydrogens is 270 g/mol. The maximum atomic E-state index is 11.7. The summed E-state index contributed by atoms with van der Waals surface area (Å²) in [5, 5.41) is 9.79. The summed E-state index contributed by atoms with van der Waals surface area (Å²) < 4.78 is 5.14. The van der Waals surface area contributed by atoms with E-state index in [2.05, 4.69) is 25.8 Å². The van der Waals surface area contributed by atoms with Gasteiger partial charge in [-0.2, -0.15) is 4.98 Å². The first-order valence-electron chi connectivity index (χ1n) is 6.86. The summed E-state index contributed by atoms with van der Waals surface area (Å²) in [6.45, 7) is 2.60. The van der Waals surface area contributed by atoms with Gasteiger partial charge < -0.3 is 15.2 Å². The molecule has 2 rings (SSSR count). The lowest BCUT2D eigenvalue weighted by Gasteiger charge is -2.10. The Morgan fingerprint density at radius 2 is 2.14 bits per heavy atom. The van der Waals surface area contributed by atoms with Crippen LogP contribution in [0.15, 0.2) is 29.0 Å². The van der Waals surface area contributed by atoms with Gasteiger partial charge in [0, 0.05) is 43.4 Å². The second-order valence-electron chi connectivity index (χ2n) is 4.74. The minimum Gasteiger partial charge on any atom is -0.355 e. The number of nitrogens with zero attached hydrogens (tertiary/aromatic N) is 3. The molecule has 1 unspecified atom stereocenters. The molecule has 2 N–H and O–H groups in total. The van der Waals surface area contributed by atoms with Crippen molar-refractivity contribution in [1.29, 1.82) is 0 Å². The number of carbonyl (C=O) groups is 1. The van der Waals surface area contributed by atoms with Gasteiger partial charge in [-0.1, -0.05) is 5.16 Å². The van der Waals surface area contributed by atoms with E-state index in [-0.39, 0.29) is 11.9 Å². The number of nitrogens with one attached hydrogen (secondary N) is 2. The number of pyridine rings is 1. The first-order chi connectivity index (χ1) is 10.2. The van der Waals surface area contributed by atoms with E-state index in [4.69, 9.17) is 4.52 Å². The van der Waals surface area contributed by atoms with Gasteiger partial charge in [-0.15, -0.1) is 0 Å². The summed E-state index contributed by atoms with van der Waals surface area (Å²) in [7, 11) is 1.86. The van der Waals surface area contributed by atoms with Crippen molar-refractivity contribution in [3.63, 3.8) is 0 Å². The van der Waals surface area contributed by atoms with Crippen LogP contribution in [0.2, 0.25) is 0 Å². The maximum absolute atomic E-state index is 11.7. The van der Waals surface area contributed by atoms with Gasteiger partial charge in [-0.05, 0) is 26.1 Å². The molecule has 0 spiro atoms. The van der Waals surface area contributed by atoms with Crippen LogP contribution in [-0.2, 0) is 11.2 Å². The monoisotopic (exact) mass is 289 g/mol. The molecule has 0 saturated heterocycles. The molecule has 0 radical (unpaired) electrons. The molecule has 0 fully saturated rings. The molecule has 0 aliphatic heterocycles. The standard InChI is InChI=1S/C14H19N5O2/c1-10(15-2)9-17-12(20)3-4-13-18-14(19-21-13)11-5-7-16-8-6-11/h5-8,10,15H,3-4,9H2,1-2H3,(H,17,20). The third-order valence-corrected chi connectivity index (χ3v) is 3.07. The van der Waals surface area contributed by atoms with Crippen LogP contribution in [0, 0.1) is 0 Å². The molecule has 0 saturated carbocycles. The van der Waals surface area contributed by atoms with Crippen molar-refractivity contribution in [1.82, 2.24) is 25.8 Å². The average molecular weight is 289 g/mol. The zero-order valence-electron chi connectivity index (χ0n) is 12.2. The smallest absolute Gasteiger partial charge is 0.227 e. The molecule has 0 aliphatic carbocycles. The van der Waals surface area contributed by atoms with Gasteiger partial charge in [0.2, 0.25) is 17.6 Å². The SMILES string of the molecule is CNC(C)CNC(=O)CCc1nc(-c2ccncc2)no1. The van der Waals surface area contributed by atoms with Gasteiger partial charge in [-0.3, -0.25) is 9.78 Å². The Kier molecular flexibility index (Phi) is 5.39. The van der Waals surface area contributed by atoms with Crippen LogP contribution in [0.25, 0.3) is 11.4 Å². The maximum Gasteiger partial charge on any atom is 0.227 e. The molecule has 7 heteroatoms. The summed E-state index contributed by atoms with van der Waals surface area (Å²) in [6.07, 6.45) is 4.09. The number of likely N-dealkylation sites (N-methyl/N-ethyl adjacent to an activating group) is 1. The van der Waals surface area contributed by atoms with E-state index < -0.39 is 0 Å². The zero-order chi connectivity index (χ0) is 15.1. The van der Waals surface area contributed by atoms with E-state index in [1.807, 2.05) is 14.0 Å². The number of amides is 1. The van der Waals surface area contributed by atoms with Gasteiger partial charge >= 0.3 is 0 Å². The largest absolute Gasteiger partial charge is 0.355 e. The summed E-state index contributed by atoms with van der Waals surface area (Å²) in [5.74, 6) is 0.941. The van der Waals surface area contributed by atoms with Crippen molar-refractivity contribution in [2.45, 2.75) is 25.8 Å². The minimum atomic E-state index is -0.0271. The third kappa shape index (κ3) is 4.64. The van der Waals surface area contributed by atoms with Crippen LogP contribution in [0.4, 0.5) is 0 Å². The molecule has 0 aliphatic rings. The molecule has 0 bridgehead atoms. The molecule has 2 aromatic rings. The predicted molar refractivity (Wildman–Crippen MR) is 77.4 cm³/mol. The predicted octanol–water partition coefficient (Wildman–Crippen LogP) is 0.788. The summed E-state index contributed by atoms with van der Waals surface area (Å²) in [4.78, 5) is 19.9. The normalized spacial score (nSPS) is 12.1. The van der Waals surface area contributed by atoms with E-state index >= 15 is 0 Å². The summed E-state index contributed by atoms with van der Waals surface area (Å²) in [5.41, 5.74) is 0.840. The van der Waals surface area contributed by atoms with Crippen LogP contribution in [0.1, 0.15) is 19.2 Å². The van der Waals surface area contributed by atoms with Crippen LogP contribution in [-0.4, -0.2) is 40.7 Å². The molecule has 112 valence electrons. The number of aryl methyl sites for hydroxylation is 1. The number of aromatic nitrogens is 3. The van der Waals surface area contributed by atoms with Crippen LogP contribution >= 0.6 is 0 Å². The third-order valence-electron chi connectivity index (χ3n) is 3.07. The van der Waals surface area contributed by atoms with Crippen molar-refractivity contribution in [2.75, 3.05) is 13.6 Å². The van der Waals surface area contributed by atoms with Gasteiger partial charge in [-0.25, -0.2) is 0 Å². The first kappa shape index (κ1) is 15.1. The lowest BCUT2D eigenvalue weighted by Crippen LogP contribution is -2.37. The van der Waals surface area contributed by atoms with E-state index in [0.717, 1.165) is 5.56 Å². The number of rotatable bonds is 7. The molecular formula is C14H19N5O2. The molecule has 0 aromatic carbocycles. The van der Waals surface area contributed by atoms with Crippen LogP contribution < -0.4 is 10.6 Å². The van der Waals surface area contributed by atoms with Gasteiger partial charge in [0.05, 0.1) is 0 Å².